The Morgan fingerprint density at radius 2 is 0.345 bits per heavy atom. The van der Waals surface area contributed by atoms with Crippen molar-refractivity contribution in [2.24, 2.45) is 17.8 Å². The molecule has 0 spiro atoms. The zero-order chi connectivity index (χ0) is 42.6. The van der Waals surface area contributed by atoms with E-state index in [0.29, 0.717) is 19.3 Å². The molecular weight excluding hydrogens is 744 g/mol. The van der Waals surface area contributed by atoms with E-state index in [0.717, 1.165) is 37.0 Å². The van der Waals surface area contributed by atoms with Crippen LogP contribution in [0.15, 0.2) is 0 Å². The van der Waals surface area contributed by atoms with Crippen LogP contribution in [-0.4, -0.2) is 18.9 Å². The summed E-state index contributed by atoms with van der Waals surface area (Å²) in [7, 11) is 0. The zero-order valence-electron chi connectivity index (χ0n) is 40.7. The molecular formula is C54H105O3Ti. The van der Waals surface area contributed by atoms with Gasteiger partial charge in [0, 0.05) is 0 Å². The van der Waals surface area contributed by atoms with Gasteiger partial charge in [-0.15, -0.1) is 0 Å². The number of unbranched alkanes of at least 4 members (excludes halogenated alkanes) is 36. The molecule has 0 rings (SSSR count). The molecule has 58 heavy (non-hydrogen) atoms. The topological polar surface area (TPSA) is 51.2 Å². The minimum absolute atomic E-state index is 0. The van der Waals surface area contributed by atoms with Crippen LogP contribution < -0.4 is 0 Å². The molecule has 0 unspecified atom stereocenters. The van der Waals surface area contributed by atoms with E-state index in [9.17, 15) is 14.4 Å². The van der Waals surface area contributed by atoms with Crippen molar-refractivity contribution in [3.05, 3.63) is 0 Å². The summed E-state index contributed by atoms with van der Waals surface area (Å²) in [5.74, 6) is 2.64. The van der Waals surface area contributed by atoms with Gasteiger partial charge in [0.1, 0.15) is 0 Å². The van der Waals surface area contributed by atoms with Crippen LogP contribution in [0.1, 0.15) is 311 Å². The second kappa shape index (κ2) is 61.0. The molecule has 0 saturated heterocycles. The third kappa shape index (κ3) is 73.3. The Morgan fingerprint density at radius 3 is 0.466 bits per heavy atom. The molecule has 0 aromatic carbocycles. The van der Waals surface area contributed by atoms with Gasteiger partial charge in [0.25, 0.3) is 0 Å². The second-order valence-corrected chi connectivity index (χ2v) is 19.0. The fraction of sp³-hybridized carbons (Fsp3) is 0.944. The summed E-state index contributed by atoms with van der Waals surface area (Å²) in [6.45, 7) is 13.9. The molecule has 0 aliphatic heterocycles. The molecule has 0 atom stereocenters. The Labute approximate surface area is 382 Å². The van der Waals surface area contributed by atoms with E-state index in [4.69, 9.17) is 0 Å². The van der Waals surface area contributed by atoms with Crippen LogP contribution in [0.5, 0.6) is 0 Å². The predicted molar refractivity (Wildman–Crippen MR) is 256 cm³/mol. The van der Waals surface area contributed by atoms with Gasteiger partial charge in [-0.05, 0) is 17.8 Å². The van der Waals surface area contributed by atoms with E-state index in [1.165, 1.54) is 231 Å². The monoisotopic (exact) mass is 850 g/mol. The minimum atomic E-state index is 0. The standard InChI is InChI=1S/3C18H35O.Ti/c3*1-18(2)16-14-12-10-8-6-4-3-5-7-9-11-13-15-17-19;/h3*18H,3-16H2,1-2H3;/q3*-1;+3. The Balaban J connectivity index is -0.000000374. The number of carbonyl (C=O) groups excluding carboxylic acids is 3. The van der Waals surface area contributed by atoms with Crippen molar-refractivity contribution < 1.29 is 36.1 Å². The first-order chi connectivity index (χ1) is 27.8. The van der Waals surface area contributed by atoms with Crippen LogP contribution in [0.4, 0.5) is 0 Å². The quantitative estimate of drug-likeness (QED) is 0.0348. The van der Waals surface area contributed by atoms with Crippen molar-refractivity contribution in [3.8, 4) is 0 Å². The molecule has 0 heterocycles. The summed E-state index contributed by atoms with van der Waals surface area (Å²) >= 11 is 0. The van der Waals surface area contributed by atoms with E-state index in [1.807, 2.05) is 18.9 Å². The van der Waals surface area contributed by atoms with Crippen molar-refractivity contribution in [2.75, 3.05) is 0 Å². The Morgan fingerprint density at radius 1 is 0.224 bits per heavy atom. The number of rotatable bonds is 45. The van der Waals surface area contributed by atoms with Crippen molar-refractivity contribution in [2.45, 2.75) is 311 Å². The first kappa shape index (κ1) is 64.4. The molecule has 0 saturated carbocycles. The van der Waals surface area contributed by atoms with Gasteiger partial charge in [-0.2, -0.15) is 19.3 Å². The molecule has 0 amide bonds. The van der Waals surface area contributed by atoms with Gasteiger partial charge in [0.2, 0.25) is 0 Å². The maximum absolute atomic E-state index is 10.0. The van der Waals surface area contributed by atoms with E-state index in [1.54, 1.807) is 0 Å². The van der Waals surface area contributed by atoms with Crippen LogP contribution in [0.3, 0.4) is 0 Å². The fourth-order valence-electron chi connectivity index (χ4n) is 7.55. The summed E-state index contributed by atoms with van der Waals surface area (Å²) in [6, 6.07) is 0. The summed E-state index contributed by atoms with van der Waals surface area (Å²) in [5, 5.41) is 0. The molecule has 343 valence electrons. The molecule has 0 aliphatic carbocycles. The van der Waals surface area contributed by atoms with Crippen LogP contribution in [0, 0.1) is 17.8 Å². The Bertz CT molecular complexity index is 626. The minimum Gasteiger partial charge on any atom is -0.542 e. The van der Waals surface area contributed by atoms with Gasteiger partial charge >= 0.3 is 21.7 Å². The molecule has 1 radical (unpaired) electrons. The largest absolute Gasteiger partial charge is 3.00 e. The van der Waals surface area contributed by atoms with Gasteiger partial charge < -0.3 is 14.4 Å². The Hall–Kier alpha value is -0.276. The maximum Gasteiger partial charge on any atom is 3.00 e. The summed E-state index contributed by atoms with van der Waals surface area (Å²) in [4.78, 5) is 30.0. The van der Waals surface area contributed by atoms with Crippen LogP contribution in [-0.2, 0) is 36.1 Å². The molecule has 0 aromatic rings. The number of hydrogen-bond acceptors (Lipinski definition) is 3. The average molecular weight is 850 g/mol. The van der Waals surface area contributed by atoms with Crippen LogP contribution in [0.25, 0.3) is 0 Å². The second-order valence-electron chi connectivity index (χ2n) is 19.0. The molecule has 4 heteroatoms. The Kier molecular flexibility index (Phi) is 67.7. The first-order valence-electron chi connectivity index (χ1n) is 25.9. The van der Waals surface area contributed by atoms with Crippen LogP contribution in [0.2, 0.25) is 0 Å². The molecule has 0 fully saturated rings. The predicted octanol–water partition coefficient (Wildman–Crippen LogP) is 18.6. The van der Waals surface area contributed by atoms with E-state index in [-0.39, 0.29) is 21.7 Å². The van der Waals surface area contributed by atoms with E-state index < -0.39 is 0 Å². The van der Waals surface area contributed by atoms with E-state index in [2.05, 4.69) is 41.5 Å². The zero-order valence-corrected chi connectivity index (χ0v) is 42.2. The summed E-state index contributed by atoms with van der Waals surface area (Å²) < 4.78 is 0. The van der Waals surface area contributed by atoms with Gasteiger partial charge in [0.05, 0.1) is 0 Å². The molecule has 3 nitrogen and oxygen atoms in total. The van der Waals surface area contributed by atoms with Gasteiger partial charge in [-0.3, -0.25) is 18.9 Å². The SMILES string of the molecule is CC(C)CCCCCCCCCCCCCC[C-]=O.CC(C)CCCCCCCCCCCCCC[C-]=O.CC(C)CCCCCCCCCCCCCC[C-]=O.[Ti+3]. The molecule has 0 aromatic heterocycles. The summed E-state index contributed by atoms with van der Waals surface area (Å²) in [6.07, 6.45) is 60.9. The average Bonchev–Trinajstić information content (AvgIpc) is 3.18. The first-order valence-corrected chi connectivity index (χ1v) is 25.9. The molecule has 0 N–H and O–H groups in total. The number of hydrogen-bond donors (Lipinski definition) is 0. The third-order valence-electron chi connectivity index (χ3n) is 11.4. The summed E-state index contributed by atoms with van der Waals surface area (Å²) in [5.41, 5.74) is 0. The van der Waals surface area contributed by atoms with Gasteiger partial charge in [-0.25, -0.2) is 0 Å². The maximum atomic E-state index is 10.0. The normalized spacial score (nSPS) is 10.9. The van der Waals surface area contributed by atoms with Gasteiger partial charge in [-0.1, -0.05) is 292 Å². The van der Waals surface area contributed by atoms with Crippen molar-refractivity contribution in [3.63, 3.8) is 0 Å². The van der Waals surface area contributed by atoms with E-state index >= 15 is 0 Å². The van der Waals surface area contributed by atoms with Crippen molar-refractivity contribution in [1.29, 1.82) is 0 Å². The fourth-order valence-corrected chi connectivity index (χ4v) is 7.55. The van der Waals surface area contributed by atoms with Crippen molar-refractivity contribution >= 4 is 18.9 Å². The smallest absolute Gasteiger partial charge is 0.542 e. The molecule has 0 bridgehead atoms. The van der Waals surface area contributed by atoms with Gasteiger partial charge in [0.15, 0.2) is 0 Å². The van der Waals surface area contributed by atoms with Crippen LogP contribution >= 0.6 is 0 Å². The molecule has 0 aliphatic rings. The third-order valence-corrected chi connectivity index (χ3v) is 11.4. The van der Waals surface area contributed by atoms with Crippen molar-refractivity contribution in [1.82, 2.24) is 0 Å².